The number of aromatic nitrogens is 2. The summed E-state index contributed by atoms with van der Waals surface area (Å²) >= 11 is 6.22. The van der Waals surface area contributed by atoms with E-state index in [0.717, 1.165) is 38.6 Å². The van der Waals surface area contributed by atoms with Crippen molar-refractivity contribution in [2.45, 2.75) is 70.8 Å². The number of carbonyl (C=O) groups is 2. The van der Waals surface area contributed by atoms with Crippen molar-refractivity contribution < 1.29 is 14.3 Å². The summed E-state index contributed by atoms with van der Waals surface area (Å²) in [6.07, 6.45) is 8.39. The Morgan fingerprint density at radius 2 is 2.09 bits per heavy atom. The Balaban J connectivity index is 1.84. The van der Waals surface area contributed by atoms with E-state index in [1.807, 2.05) is 7.05 Å². The number of nitrogens with one attached hydrogen (secondary N) is 1. The molecule has 1 aromatic rings. The molecule has 0 aromatic carbocycles. The first kappa shape index (κ1) is 25.4. The molecular formula is C25H35ClN4O3. The number of hydrogen-bond acceptors (Lipinski definition) is 7. The first-order valence-electron chi connectivity index (χ1n) is 11.9. The van der Waals surface area contributed by atoms with Crippen molar-refractivity contribution in [3.63, 3.8) is 0 Å². The van der Waals surface area contributed by atoms with E-state index in [9.17, 15) is 9.59 Å². The van der Waals surface area contributed by atoms with Crippen LogP contribution in [-0.4, -0.2) is 41.2 Å². The van der Waals surface area contributed by atoms with Crippen LogP contribution in [0.15, 0.2) is 30.0 Å². The lowest BCUT2D eigenvalue weighted by molar-refractivity contribution is -0.129. The maximum absolute atomic E-state index is 13.4. The number of halogens is 1. The third kappa shape index (κ3) is 5.64. The molecule has 0 saturated heterocycles. The number of carbonyl (C=O) groups excluding carboxylic acids is 2. The van der Waals surface area contributed by atoms with Crippen molar-refractivity contribution in [1.29, 1.82) is 0 Å². The van der Waals surface area contributed by atoms with Crippen LogP contribution >= 0.6 is 11.6 Å². The zero-order valence-corrected chi connectivity index (χ0v) is 20.4. The lowest BCUT2D eigenvalue weighted by Crippen LogP contribution is -2.42. The van der Waals surface area contributed by atoms with Crippen molar-refractivity contribution in [1.82, 2.24) is 15.3 Å². The SMILES string of the molecule is C=C[C@H](Oc1cc(Cl)nc(C(=O)C2=C(N)[C@]3(CCCCC3=O)CCC2)n1)[C@@H](C)CCCNC. The molecule has 7 nitrogen and oxygen atoms in total. The van der Waals surface area contributed by atoms with E-state index < -0.39 is 5.41 Å². The number of nitrogens with zero attached hydrogens (tertiary/aromatic N) is 2. The quantitative estimate of drug-likeness (QED) is 0.224. The Morgan fingerprint density at radius 1 is 1.33 bits per heavy atom. The molecule has 180 valence electrons. The van der Waals surface area contributed by atoms with Gasteiger partial charge in [-0.15, -0.1) is 0 Å². The molecule has 2 aliphatic rings. The van der Waals surface area contributed by atoms with Crippen LogP contribution in [-0.2, 0) is 4.79 Å². The van der Waals surface area contributed by atoms with Gasteiger partial charge in [0.15, 0.2) is 0 Å². The summed E-state index contributed by atoms with van der Waals surface area (Å²) in [6.45, 7) is 6.90. The molecular weight excluding hydrogens is 440 g/mol. The van der Waals surface area contributed by atoms with E-state index in [4.69, 9.17) is 22.1 Å². The maximum Gasteiger partial charge on any atom is 0.228 e. The highest BCUT2D eigenvalue weighted by atomic mass is 35.5. The highest BCUT2D eigenvalue weighted by molar-refractivity contribution is 6.29. The van der Waals surface area contributed by atoms with Gasteiger partial charge in [-0.25, -0.2) is 4.98 Å². The van der Waals surface area contributed by atoms with E-state index in [1.165, 1.54) is 6.07 Å². The minimum Gasteiger partial charge on any atom is -0.470 e. The van der Waals surface area contributed by atoms with E-state index in [0.29, 0.717) is 37.0 Å². The molecule has 0 unspecified atom stereocenters. The molecule has 3 rings (SSSR count). The normalized spacial score (nSPS) is 22.8. The third-order valence-electron chi connectivity index (χ3n) is 6.95. The van der Waals surface area contributed by atoms with Crippen LogP contribution in [0, 0.1) is 11.3 Å². The monoisotopic (exact) mass is 474 g/mol. The van der Waals surface area contributed by atoms with Crippen molar-refractivity contribution >= 4 is 23.2 Å². The summed E-state index contributed by atoms with van der Waals surface area (Å²) in [4.78, 5) is 34.7. The van der Waals surface area contributed by atoms with Crippen molar-refractivity contribution in [3.05, 3.63) is 41.0 Å². The second-order valence-corrected chi connectivity index (χ2v) is 9.57. The van der Waals surface area contributed by atoms with Gasteiger partial charge in [0, 0.05) is 23.8 Å². The fraction of sp³-hybridized carbons (Fsp3) is 0.600. The Morgan fingerprint density at radius 3 is 2.79 bits per heavy atom. The van der Waals surface area contributed by atoms with Crippen molar-refractivity contribution in [2.24, 2.45) is 17.1 Å². The second-order valence-electron chi connectivity index (χ2n) is 9.18. The summed E-state index contributed by atoms with van der Waals surface area (Å²) in [5.41, 5.74) is 6.62. The first-order chi connectivity index (χ1) is 15.8. The molecule has 1 spiro atoms. The molecule has 3 N–H and O–H groups in total. The predicted molar refractivity (Wildman–Crippen MR) is 129 cm³/mol. The lowest BCUT2D eigenvalue weighted by Gasteiger charge is -2.40. The standard InChI is InChI=1S/C25H35ClN4O3/c1-4-18(16(2)9-8-14-28-3)33-21-15-20(26)29-24(30-21)22(32)17-10-7-13-25(23(17)27)12-6-5-11-19(25)31/h4,15-16,18,28H,1,5-14,27H2,2-3H3/t16-,18-,25+/m0/s1. The van der Waals surface area contributed by atoms with Gasteiger partial charge >= 0.3 is 0 Å². The third-order valence-corrected chi connectivity index (χ3v) is 7.14. The van der Waals surface area contributed by atoms with Crippen LogP contribution < -0.4 is 15.8 Å². The van der Waals surface area contributed by atoms with Gasteiger partial charge < -0.3 is 15.8 Å². The average Bonchev–Trinajstić information content (AvgIpc) is 2.80. The van der Waals surface area contributed by atoms with Crippen LogP contribution in [0.2, 0.25) is 5.15 Å². The largest absolute Gasteiger partial charge is 0.470 e. The molecule has 33 heavy (non-hydrogen) atoms. The van der Waals surface area contributed by atoms with E-state index in [2.05, 4.69) is 28.8 Å². The predicted octanol–water partition coefficient (Wildman–Crippen LogP) is 4.41. The molecule has 0 aliphatic heterocycles. The average molecular weight is 475 g/mol. The van der Waals surface area contributed by atoms with Gasteiger partial charge in [-0.2, -0.15) is 4.98 Å². The highest BCUT2D eigenvalue weighted by Gasteiger charge is 2.46. The molecule has 3 atom stereocenters. The molecule has 1 saturated carbocycles. The van der Waals surface area contributed by atoms with Gasteiger partial charge in [0.05, 0.1) is 5.41 Å². The fourth-order valence-electron chi connectivity index (χ4n) is 5.00. The molecule has 1 aromatic heterocycles. The Kier molecular flexibility index (Phi) is 8.65. The summed E-state index contributed by atoms with van der Waals surface area (Å²) in [5, 5.41) is 3.26. The summed E-state index contributed by atoms with van der Waals surface area (Å²) in [6, 6.07) is 1.50. The smallest absolute Gasteiger partial charge is 0.228 e. The zero-order valence-electron chi connectivity index (χ0n) is 19.7. The minimum absolute atomic E-state index is 0.0543. The molecule has 0 amide bonds. The number of hydrogen-bond donors (Lipinski definition) is 2. The van der Waals surface area contributed by atoms with Crippen LogP contribution in [0.4, 0.5) is 0 Å². The fourth-order valence-corrected chi connectivity index (χ4v) is 5.17. The molecule has 0 radical (unpaired) electrons. The minimum atomic E-state index is -0.712. The zero-order chi connectivity index (χ0) is 24.0. The molecule has 8 heteroatoms. The summed E-state index contributed by atoms with van der Waals surface area (Å²) in [5.74, 6) is 0.143. The topological polar surface area (TPSA) is 107 Å². The number of ether oxygens (including phenoxy) is 1. The lowest BCUT2D eigenvalue weighted by atomic mass is 9.64. The van der Waals surface area contributed by atoms with Crippen LogP contribution in [0.5, 0.6) is 5.88 Å². The second kappa shape index (κ2) is 11.3. The summed E-state index contributed by atoms with van der Waals surface area (Å²) in [7, 11) is 1.92. The van der Waals surface area contributed by atoms with E-state index in [1.54, 1.807) is 6.08 Å². The number of nitrogens with two attached hydrogens (primary N) is 1. The van der Waals surface area contributed by atoms with E-state index in [-0.39, 0.29) is 40.4 Å². The number of Topliss-reactive ketones (excluding diaryl/α,β-unsaturated/α-hetero) is 2. The van der Waals surface area contributed by atoms with Gasteiger partial charge in [0.25, 0.3) is 0 Å². The van der Waals surface area contributed by atoms with Gasteiger partial charge in [0.2, 0.25) is 17.5 Å². The van der Waals surface area contributed by atoms with Crippen LogP contribution in [0.25, 0.3) is 0 Å². The Labute approximate surface area is 201 Å². The first-order valence-corrected chi connectivity index (χ1v) is 12.3. The molecule has 1 fully saturated rings. The number of rotatable bonds is 10. The number of allylic oxidation sites excluding steroid dienone is 2. The van der Waals surface area contributed by atoms with Crippen LogP contribution in [0.3, 0.4) is 0 Å². The summed E-state index contributed by atoms with van der Waals surface area (Å²) < 4.78 is 6.04. The van der Waals surface area contributed by atoms with Crippen molar-refractivity contribution in [3.8, 4) is 5.88 Å². The van der Waals surface area contributed by atoms with Crippen LogP contribution in [0.1, 0.15) is 75.3 Å². The van der Waals surface area contributed by atoms with Crippen molar-refractivity contribution in [2.75, 3.05) is 13.6 Å². The van der Waals surface area contributed by atoms with Gasteiger partial charge in [0.1, 0.15) is 17.0 Å². The van der Waals surface area contributed by atoms with E-state index >= 15 is 0 Å². The Bertz CT molecular complexity index is 932. The molecule has 1 heterocycles. The van der Waals surface area contributed by atoms with Gasteiger partial charge in [-0.05, 0) is 64.5 Å². The number of ketones is 2. The Hall–Kier alpha value is -2.25. The highest BCUT2D eigenvalue weighted by Crippen LogP contribution is 2.47. The van der Waals surface area contributed by atoms with Gasteiger partial charge in [-0.3, -0.25) is 9.59 Å². The molecule has 0 bridgehead atoms. The molecule has 2 aliphatic carbocycles. The van der Waals surface area contributed by atoms with Gasteiger partial charge in [-0.1, -0.05) is 37.6 Å². The maximum atomic E-state index is 13.4.